The van der Waals surface area contributed by atoms with E-state index in [1.165, 1.54) is 141 Å². The fourth-order valence-corrected chi connectivity index (χ4v) is 4.48. The molecule has 1 rings (SSSR count). The molecule has 0 unspecified atom stereocenters. The Morgan fingerprint density at radius 3 is 1.10 bits per heavy atom. The zero-order valence-electron chi connectivity index (χ0n) is 20.1. The fourth-order valence-electron chi connectivity index (χ4n) is 4.48. The van der Waals surface area contributed by atoms with E-state index in [0.29, 0.717) is 6.61 Å². The maximum absolute atomic E-state index is 11.7. The lowest BCUT2D eigenvalue weighted by molar-refractivity contribution is -0.137. The highest BCUT2D eigenvalue weighted by Crippen LogP contribution is 2.15. The van der Waals surface area contributed by atoms with Crippen LogP contribution in [0, 0.1) is 0 Å². The zero-order chi connectivity index (χ0) is 21.4. The van der Waals surface area contributed by atoms with E-state index in [4.69, 9.17) is 4.74 Å². The second-order valence-electron chi connectivity index (χ2n) is 9.49. The van der Waals surface area contributed by atoms with Crippen molar-refractivity contribution < 1.29 is 9.53 Å². The Morgan fingerprint density at radius 1 is 0.433 bits per heavy atom. The molecule has 1 aliphatic rings. The Bertz CT molecular complexity index is 388. The molecule has 2 heteroatoms. The van der Waals surface area contributed by atoms with E-state index in [1.54, 1.807) is 6.08 Å². The summed E-state index contributed by atoms with van der Waals surface area (Å²) >= 11 is 0. The van der Waals surface area contributed by atoms with Gasteiger partial charge in [0.2, 0.25) is 0 Å². The number of cyclic esters (lactones) is 1. The van der Waals surface area contributed by atoms with Gasteiger partial charge in [-0.3, -0.25) is 0 Å². The molecule has 0 saturated carbocycles. The van der Waals surface area contributed by atoms with Gasteiger partial charge in [0, 0.05) is 6.08 Å². The third kappa shape index (κ3) is 20.5. The normalized spacial score (nSPS) is 22.9. The number of carbonyl (C=O) groups excluding carboxylic acids is 1. The zero-order valence-corrected chi connectivity index (χ0v) is 20.1. The SMILES string of the molecule is O=C1C=CCCCCCCCCCCCCCCCCCCCCCCCCCO1. The van der Waals surface area contributed by atoms with Crippen LogP contribution in [0.15, 0.2) is 12.2 Å². The summed E-state index contributed by atoms with van der Waals surface area (Å²) < 4.78 is 5.30. The molecule has 0 aliphatic carbocycles. The van der Waals surface area contributed by atoms with E-state index in [9.17, 15) is 4.79 Å². The van der Waals surface area contributed by atoms with Crippen LogP contribution in [0.2, 0.25) is 0 Å². The summed E-state index contributed by atoms with van der Waals surface area (Å²) in [5, 5.41) is 0. The molecule has 1 aliphatic heterocycles. The van der Waals surface area contributed by atoms with E-state index < -0.39 is 0 Å². The Labute approximate surface area is 188 Å². The van der Waals surface area contributed by atoms with Gasteiger partial charge in [0.25, 0.3) is 0 Å². The lowest BCUT2D eigenvalue weighted by Gasteiger charge is -2.04. The Balaban J connectivity index is 2.11. The first-order valence-electron chi connectivity index (χ1n) is 13.7. The van der Waals surface area contributed by atoms with Crippen LogP contribution in [-0.2, 0) is 9.53 Å². The predicted octanol–water partition coefficient (Wildman–Crippen LogP) is 9.46. The van der Waals surface area contributed by atoms with Gasteiger partial charge in [-0.25, -0.2) is 4.79 Å². The molecule has 0 N–H and O–H groups in total. The maximum atomic E-state index is 11.7. The van der Waals surface area contributed by atoms with Gasteiger partial charge >= 0.3 is 5.97 Å². The van der Waals surface area contributed by atoms with Crippen LogP contribution in [0.4, 0.5) is 0 Å². The number of esters is 1. The summed E-state index contributed by atoms with van der Waals surface area (Å²) in [7, 11) is 0. The van der Waals surface area contributed by atoms with E-state index in [-0.39, 0.29) is 5.97 Å². The minimum absolute atomic E-state index is 0.154. The van der Waals surface area contributed by atoms with Crippen LogP contribution in [0.5, 0.6) is 0 Å². The Kier molecular flexibility index (Phi) is 20.8. The van der Waals surface area contributed by atoms with Crippen LogP contribution >= 0.6 is 0 Å². The highest BCUT2D eigenvalue weighted by molar-refractivity contribution is 5.81. The number of allylic oxidation sites excluding steroid dienone is 1. The molecule has 176 valence electrons. The molecule has 0 fully saturated rings. The molecule has 0 saturated heterocycles. The molecule has 0 aromatic carbocycles. The molecule has 0 radical (unpaired) electrons. The molecule has 2 nitrogen and oxygen atoms in total. The van der Waals surface area contributed by atoms with Crippen molar-refractivity contribution in [3.8, 4) is 0 Å². The molecular weight excluding hydrogens is 368 g/mol. The van der Waals surface area contributed by atoms with Gasteiger partial charge in [-0.15, -0.1) is 0 Å². The monoisotopic (exact) mass is 420 g/mol. The third-order valence-electron chi connectivity index (χ3n) is 6.51. The second-order valence-corrected chi connectivity index (χ2v) is 9.49. The lowest BCUT2D eigenvalue weighted by atomic mass is 10.0. The fraction of sp³-hybridized carbons (Fsp3) is 0.893. The van der Waals surface area contributed by atoms with Gasteiger partial charge in [-0.1, -0.05) is 141 Å². The quantitative estimate of drug-likeness (QED) is 0.365. The van der Waals surface area contributed by atoms with Crippen LogP contribution in [-0.4, -0.2) is 12.6 Å². The molecule has 0 spiro atoms. The van der Waals surface area contributed by atoms with E-state index in [0.717, 1.165) is 12.8 Å². The van der Waals surface area contributed by atoms with E-state index in [1.807, 2.05) is 6.08 Å². The largest absolute Gasteiger partial charge is 0.463 e. The van der Waals surface area contributed by atoms with Crippen molar-refractivity contribution in [1.82, 2.24) is 0 Å². The summed E-state index contributed by atoms with van der Waals surface area (Å²) in [6, 6.07) is 0. The average Bonchev–Trinajstić information content (AvgIpc) is 2.75. The van der Waals surface area contributed by atoms with E-state index in [2.05, 4.69) is 0 Å². The first-order valence-corrected chi connectivity index (χ1v) is 13.7. The van der Waals surface area contributed by atoms with Crippen molar-refractivity contribution in [2.24, 2.45) is 0 Å². The van der Waals surface area contributed by atoms with Crippen LogP contribution in [0.3, 0.4) is 0 Å². The van der Waals surface area contributed by atoms with Crippen LogP contribution in [0.25, 0.3) is 0 Å². The lowest BCUT2D eigenvalue weighted by Crippen LogP contribution is -2.02. The Hall–Kier alpha value is -0.790. The van der Waals surface area contributed by atoms with Gasteiger partial charge in [-0.05, 0) is 19.3 Å². The highest BCUT2D eigenvalue weighted by atomic mass is 16.5. The first-order chi connectivity index (χ1) is 14.9. The number of hydrogen-bond acceptors (Lipinski definition) is 2. The average molecular weight is 421 g/mol. The van der Waals surface area contributed by atoms with Crippen molar-refractivity contribution in [3.05, 3.63) is 12.2 Å². The molecule has 0 bridgehead atoms. The predicted molar refractivity (Wildman–Crippen MR) is 131 cm³/mol. The number of hydrogen-bond donors (Lipinski definition) is 0. The smallest absolute Gasteiger partial charge is 0.330 e. The first kappa shape index (κ1) is 27.2. The van der Waals surface area contributed by atoms with E-state index >= 15 is 0 Å². The van der Waals surface area contributed by atoms with Gasteiger partial charge in [0.05, 0.1) is 6.61 Å². The van der Waals surface area contributed by atoms with Crippen molar-refractivity contribution in [2.75, 3.05) is 6.61 Å². The molecule has 0 aromatic rings. The number of carbonyl (C=O) groups is 1. The number of rotatable bonds is 0. The molecule has 0 atom stereocenters. The minimum Gasteiger partial charge on any atom is -0.463 e. The van der Waals surface area contributed by atoms with Gasteiger partial charge in [-0.2, -0.15) is 0 Å². The molecule has 0 aromatic heterocycles. The van der Waals surface area contributed by atoms with Gasteiger partial charge in [0.15, 0.2) is 0 Å². The van der Waals surface area contributed by atoms with Gasteiger partial charge < -0.3 is 4.74 Å². The van der Waals surface area contributed by atoms with Gasteiger partial charge in [0.1, 0.15) is 0 Å². The molecular formula is C28H52O2. The van der Waals surface area contributed by atoms with Crippen LogP contribution in [0.1, 0.15) is 154 Å². The summed E-state index contributed by atoms with van der Waals surface area (Å²) in [4.78, 5) is 11.7. The number of ether oxygens (including phenoxy) is 1. The Morgan fingerprint density at radius 2 is 0.733 bits per heavy atom. The van der Waals surface area contributed by atoms with Crippen molar-refractivity contribution >= 4 is 5.97 Å². The summed E-state index contributed by atoms with van der Waals surface area (Å²) in [6.07, 6.45) is 36.2. The van der Waals surface area contributed by atoms with Crippen molar-refractivity contribution in [1.29, 1.82) is 0 Å². The third-order valence-corrected chi connectivity index (χ3v) is 6.51. The highest BCUT2D eigenvalue weighted by Gasteiger charge is 1.98. The standard InChI is InChI=1S/C28H52O2/c29-28-26-24-22-20-18-16-14-12-10-8-6-4-2-1-3-5-7-9-11-13-15-17-19-21-23-25-27-30-28/h24,26H,1-23,25,27H2. The second kappa shape index (κ2) is 22.9. The summed E-state index contributed by atoms with van der Waals surface area (Å²) in [5.41, 5.74) is 0. The molecule has 30 heavy (non-hydrogen) atoms. The summed E-state index contributed by atoms with van der Waals surface area (Å²) in [5.74, 6) is -0.154. The molecule has 1 heterocycles. The van der Waals surface area contributed by atoms with Crippen molar-refractivity contribution in [2.45, 2.75) is 154 Å². The topological polar surface area (TPSA) is 26.3 Å². The minimum atomic E-state index is -0.154. The maximum Gasteiger partial charge on any atom is 0.330 e. The van der Waals surface area contributed by atoms with Crippen LogP contribution < -0.4 is 0 Å². The van der Waals surface area contributed by atoms with Crippen molar-refractivity contribution in [3.63, 3.8) is 0 Å². The molecule has 0 amide bonds. The summed E-state index contributed by atoms with van der Waals surface area (Å²) in [6.45, 7) is 0.586.